The molecule has 2 rings (SSSR count). The number of hydrogen-bond acceptors (Lipinski definition) is 2. The zero-order valence-electron chi connectivity index (χ0n) is 10.9. The van der Waals surface area contributed by atoms with Gasteiger partial charge in [-0.05, 0) is 37.1 Å². The molecule has 2 aromatic rings. The summed E-state index contributed by atoms with van der Waals surface area (Å²) in [7, 11) is 0. The van der Waals surface area contributed by atoms with Crippen molar-refractivity contribution in [3.8, 4) is 0 Å². The molecule has 0 fully saturated rings. The number of aromatic nitrogens is 2. The van der Waals surface area contributed by atoms with Gasteiger partial charge in [-0.1, -0.05) is 37.4 Å². The van der Waals surface area contributed by atoms with Gasteiger partial charge in [0.15, 0.2) is 0 Å². The Hall–Kier alpha value is -2.22. The summed E-state index contributed by atoms with van der Waals surface area (Å²) in [5.41, 5.74) is 4.29. The van der Waals surface area contributed by atoms with Crippen molar-refractivity contribution in [1.82, 2.24) is 9.97 Å². The molecular formula is C16H18N2. The van der Waals surface area contributed by atoms with Gasteiger partial charge in [-0.25, -0.2) is 0 Å². The van der Waals surface area contributed by atoms with Crippen molar-refractivity contribution in [3.63, 3.8) is 0 Å². The van der Waals surface area contributed by atoms with Crippen LogP contribution in [0.25, 0.3) is 12.2 Å². The third-order valence-corrected chi connectivity index (χ3v) is 2.54. The topological polar surface area (TPSA) is 25.8 Å². The Morgan fingerprint density at radius 3 is 1.44 bits per heavy atom. The number of hydrogen-bond donors (Lipinski definition) is 0. The van der Waals surface area contributed by atoms with Gasteiger partial charge in [0.2, 0.25) is 0 Å². The highest BCUT2D eigenvalue weighted by molar-refractivity contribution is 5.49. The molecule has 2 aromatic heterocycles. The van der Waals surface area contributed by atoms with E-state index in [-0.39, 0.29) is 0 Å². The second-order valence-corrected chi connectivity index (χ2v) is 3.76. The Kier molecular flexibility index (Phi) is 5.52. The van der Waals surface area contributed by atoms with Crippen LogP contribution in [0.15, 0.2) is 49.8 Å². The van der Waals surface area contributed by atoms with Crippen LogP contribution in [0.2, 0.25) is 0 Å². The molecule has 0 radical (unpaired) electrons. The maximum atomic E-state index is 4.08. The van der Waals surface area contributed by atoms with Gasteiger partial charge in [0.1, 0.15) is 0 Å². The zero-order chi connectivity index (χ0) is 13.4. The van der Waals surface area contributed by atoms with Gasteiger partial charge in [0.05, 0.1) is 0 Å². The first-order valence-corrected chi connectivity index (χ1v) is 5.77. The minimum Gasteiger partial charge on any atom is -0.261 e. The molecule has 18 heavy (non-hydrogen) atoms. The number of aryl methyl sites for hydroxylation is 2. The van der Waals surface area contributed by atoms with Crippen LogP contribution in [0.5, 0.6) is 0 Å². The van der Waals surface area contributed by atoms with Crippen LogP contribution in [0.4, 0.5) is 0 Å². The van der Waals surface area contributed by atoms with Gasteiger partial charge in [0.25, 0.3) is 0 Å². The van der Waals surface area contributed by atoms with Crippen molar-refractivity contribution in [3.05, 3.63) is 72.3 Å². The van der Waals surface area contributed by atoms with Crippen molar-refractivity contribution in [2.24, 2.45) is 0 Å². The van der Waals surface area contributed by atoms with Gasteiger partial charge in [0, 0.05) is 23.8 Å². The molecule has 0 amide bonds. The van der Waals surface area contributed by atoms with Gasteiger partial charge in [-0.2, -0.15) is 0 Å². The van der Waals surface area contributed by atoms with E-state index in [1.807, 2.05) is 50.3 Å². The number of pyridine rings is 2. The van der Waals surface area contributed by atoms with Crippen LogP contribution in [0.3, 0.4) is 0 Å². The Morgan fingerprint density at radius 1 is 0.833 bits per heavy atom. The van der Waals surface area contributed by atoms with E-state index in [0.29, 0.717) is 0 Å². The average molecular weight is 238 g/mol. The Morgan fingerprint density at radius 2 is 1.22 bits per heavy atom. The number of nitrogens with zero attached hydrogens (tertiary/aromatic N) is 2. The fraction of sp³-hybridized carbons (Fsp3) is 0.125. The second-order valence-electron chi connectivity index (χ2n) is 3.76. The Balaban J connectivity index is 0.000000180. The maximum absolute atomic E-state index is 4.08. The van der Waals surface area contributed by atoms with Crippen molar-refractivity contribution in [2.75, 3.05) is 0 Å². The molecule has 0 unspecified atom stereocenters. The molecule has 92 valence electrons. The largest absolute Gasteiger partial charge is 0.261 e. The summed E-state index contributed by atoms with van der Waals surface area (Å²) in [6, 6.07) is 7.80. The highest BCUT2D eigenvalue weighted by Gasteiger charge is 1.89. The van der Waals surface area contributed by atoms with Gasteiger partial charge in [-0.3, -0.25) is 9.97 Å². The minimum absolute atomic E-state index is 1.03. The third-order valence-electron chi connectivity index (χ3n) is 2.54. The van der Waals surface area contributed by atoms with Crippen LogP contribution in [-0.2, 0) is 0 Å². The lowest BCUT2D eigenvalue weighted by Crippen LogP contribution is -1.82. The lowest BCUT2D eigenvalue weighted by Gasteiger charge is -1.94. The summed E-state index contributed by atoms with van der Waals surface area (Å²) in [5, 5.41) is 0. The summed E-state index contributed by atoms with van der Waals surface area (Å²) in [6.45, 7) is 11.2. The van der Waals surface area contributed by atoms with Gasteiger partial charge < -0.3 is 0 Å². The SMILES string of the molecule is C=Cc1cccnc1C.C=Cc1cccnc1C. The van der Waals surface area contributed by atoms with Crippen molar-refractivity contribution < 1.29 is 0 Å². The molecule has 0 bridgehead atoms. The van der Waals surface area contributed by atoms with E-state index in [9.17, 15) is 0 Å². The van der Waals surface area contributed by atoms with Crippen LogP contribution >= 0.6 is 0 Å². The lowest BCUT2D eigenvalue weighted by molar-refractivity contribution is 1.19. The Bertz CT molecular complexity index is 481. The van der Waals surface area contributed by atoms with Gasteiger partial charge in [-0.15, -0.1) is 0 Å². The van der Waals surface area contributed by atoms with Crippen molar-refractivity contribution in [1.29, 1.82) is 0 Å². The van der Waals surface area contributed by atoms with Crippen molar-refractivity contribution in [2.45, 2.75) is 13.8 Å². The molecule has 2 heteroatoms. The molecule has 0 aromatic carbocycles. The summed E-state index contributed by atoms with van der Waals surface area (Å²) >= 11 is 0. The van der Waals surface area contributed by atoms with E-state index in [0.717, 1.165) is 22.5 Å². The normalized spacial score (nSPS) is 9.00. The molecule has 0 spiro atoms. The summed E-state index contributed by atoms with van der Waals surface area (Å²) in [4.78, 5) is 8.16. The van der Waals surface area contributed by atoms with E-state index in [1.165, 1.54) is 0 Å². The molecule has 0 atom stereocenters. The second kappa shape index (κ2) is 7.17. The molecule has 0 aliphatic heterocycles. The fourth-order valence-corrected chi connectivity index (χ4v) is 1.42. The first-order valence-electron chi connectivity index (χ1n) is 5.77. The van der Waals surface area contributed by atoms with Crippen LogP contribution in [-0.4, -0.2) is 9.97 Å². The van der Waals surface area contributed by atoms with E-state index < -0.39 is 0 Å². The van der Waals surface area contributed by atoms with E-state index in [1.54, 1.807) is 12.4 Å². The smallest absolute Gasteiger partial charge is 0.0444 e. The molecule has 0 aliphatic rings. The van der Waals surface area contributed by atoms with Gasteiger partial charge >= 0.3 is 0 Å². The van der Waals surface area contributed by atoms with E-state index in [2.05, 4.69) is 23.1 Å². The summed E-state index contributed by atoms with van der Waals surface area (Å²) in [5.74, 6) is 0. The molecule has 0 saturated carbocycles. The molecule has 0 N–H and O–H groups in total. The molecular weight excluding hydrogens is 220 g/mol. The molecule has 0 aliphatic carbocycles. The highest BCUT2D eigenvalue weighted by atomic mass is 14.7. The Labute approximate surface area is 109 Å². The molecule has 2 nitrogen and oxygen atoms in total. The molecule has 2 heterocycles. The van der Waals surface area contributed by atoms with Crippen LogP contribution < -0.4 is 0 Å². The lowest BCUT2D eigenvalue weighted by atomic mass is 10.2. The van der Waals surface area contributed by atoms with E-state index in [4.69, 9.17) is 0 Å². The van der Waals surface area contributed by atoms with Crippen molar-refractivity contribution >= 4 is 12.2 Å². The predicted octanol–water partition coefficient (Wildman–Crippen LogP) is 4.07. The maximum Gasteiger partial charge on any atom is 0.0444 e. The zero-order valence-corrected chi connectivity index (χ0v) is 10.9. The fourth-order valence-electron chi connectivity index (χ4n) is 1.42. The average Bonchev–Trinajstić information content (AvgIpc) is 2.41. The molecule has 0 saturated heterocycles. The standard InChI is InChI=1S/2C8H9N/c2*1-3-8-5-4-6-9-7(8)2/h2*3-6H,1H2,2H3. The van der Waals surface area contributed by atoms with Crippen LogP contribution in [0, 0.1) is 13.8 Å². The first-order chi connectivity index (χ1) is 8.69. The minimum atomic E-state index is 1.03. The summed E-state index contributed by atoms with van der Waals surface area (Å²) in [6.07, 6.45) is 7.18. The monoisotopic (exact) mass is 238 g/mol. The first kappa shape index (κ1) is 13.8. The summed E-state index contributed by atoms with van der Waals surface area (Å²) < 4.78 is 0. The third kappa shape index (κ3) is 3.98. The predicted molar refractivity (Wildman–Crippen MR) is 78.1 cm³/mol. The van der Waals surface area contributed by atoms with Crippen LogP contribution in [0.1, 0.15) is 22.5 Å². The quantitative estimate of drug-likeness (QED) is 0.788. The van der Waals surface area contributed by atoms with E-state index >= 15 is 0 Å². The number of rotatable bonds is 2. The highest BCUT2D eigenvalue weighted by Crippen LogP contribution is 2.03.